The number of methoxy groups -OCH3 is 1. The zero-order valence-corrected chi connectivity index (χ0v) is 16.3. The van der Waals surface area contributed by atoms with Crippen LogP contribution in [0, 0.1) is 0 Å². The molecule has 0 aliphatic carbocycles. The summed E-state index contributed by atoms with van der Waals surface area (Å²) in [5.74, 6) is 1.02. The molecule has 140 valence electrons. The molecule has 1 unspecified atom stereocenters. The summed E-state index contributed by atoms with van der Waals surface area (Å²) in [7, 11) is 1.63. The molecule has 0 saturated carbocycles. The Morgan fingerprint density at radius 1 is 1.30 bits per heavy atom. The van der Waals surface area contributed by atoms with Crippen LogP contribution in [0.1, 0.15) is 18.5 Å². The lowest BCUT2D eigenvalue weighted by molar-refractivity contribution is -0.119. The van der Waals surface area contributed by atoms with Gasteiger partial charge in [0, 0.05) is 12.1 Å². The van der Waals surface area contributed by atoms with Crippen molar-refractivity contribution in [3.8, 4) is 5.75 Å². The van der Waals surface area contributed by atoms with Crippen molar-refractivity contribution in [1.29, 1.82) is 0 Å². The Hall–Kier alpha value is -2.73. The summed E-state index contributed by atoms with van der Waals surface area (Å²) in [4.78, 5) is 17.1. The van der Waals surface area contributed by atoms with E-state index < -0.39 is 0 Å². The predicted molar refractivity (Wildman–Crippen MR) is 110 cm³/mol. The Morgan fingerprint density at radius 3 is 2.81 bits per heavy atom. The summed E-state index contributed by atoms with van der Waals surface area (Å²) in [5, 5.41) is 3.85. The highest BCUT2D eigenvalue weighted by molar-refractivity contribution is 7.99. The van der Waals surface area contributed by atoms with E-state index in [1.54, 1.807) is 7.11 Å². The first-order valence-corrected chi connectivity index (χ1v) is 9.74. The van der Waals surface area contributed by atoms with E-state index in [0.717, 1.165) is 27.5 Å². The third-order valence-electron chi connectivity index (χ3n) is 4.25. The molecule has 1 heterocycles. The second-order valence-corrected chi connectivity index (χ2v) is 7.04. The lowest BCUT2D eigenvalue weighted by atomic mass is 10.1. The monoisotopic (exact) mass is 381 g/mol. The quantitative estimate of drug-likeness (QED) is 0.469. The van der Waals surface area contributed by atoms with Gasteiger partial charge in [-0.25, -0.2) is 4.98 Å². The van der Waals surface area contributed by atoms with Crippen molar-refractivity contribution in [3.63, 3.8) is 0 Å². The first-order valence-electron chi connectivity index (χ1n) is 8.75. The topological polar surface area (TPSA) is 56.2 Å². The zero-order chi connectivity index (χ0) is 19.2. The third-order valence-corrected chi connectivity index (χ3v) is 5.22. The molecule has 0 aliphatic rings. The number of nitrogens with zero attached hydrogens (tertiary/aromatic N) is 2. The second kappa shape index (κ2) is 8.77. The highest BCUT2D eigenvalue weighted by Crippen LogP contribution is 2.26. The maximum absolute atomic E-state index is 12.5. The van der Waals surface area contributed by atoms with Crippen molar-refractivity contribution < 1.29 is 9.53 Å². The van der Waals surface area contributed by atoms with Gasteiger partial charge in [-0.3, -0.25) is 4.79 Å². The van der Waals surface area contributed by atoms with Gasteiger partial charge in [0.05, 0.1) is 29.9 Å². The number of para-hydroxylation sites is 3. The van der Waals surface area contributed by atoms with Crippen molar-refractivity contribution in [2.45, 2.75) is 24.7 Å². The highest BCUT2D eigenvalue weighted by Gasteiger charge is 2.16. The molecule has 3 rings (SSSR count). The summed E-state index contributed by atoms with van der Waals surface area (Å²) < 4.78 is 7.45. The van der Waals surface area contributed by atoms with Crippen LogP contribution in [0.3, 0.4) is 0 Å². The molecule has 6 heteroatoms. The minimum absolute atomic E-state index is 0.0457. The van der Waals surface area contributed by atoms with Crippen LogP contribution in [0.25, 0.3) is 11.0 Å². The molecular weight excluding hydrogens is 358 g/mol. The van der Waals surface area contributed by atoms with E-state index in [1.165, 1.54) is 11.8 Å². The van der Waals surface area contributed by atoms with Gasteiger partial charge in [0.25, 0.3) is 0 Å². The van der Waals surface area contributed by atoms with Crippen LogP contribution in [0.5, 0.6) is 5.75 Å². The van der Waals surface area contributed by atoms with Gasteiger partial charge in [0.1, 0.15) is 5.75 Å². The number of fused-ring (bicyclic) bond motifs is 1. The number of benzene rings is 2. The van der Waals surface area contributed by atoms with E-state index in [-0.39, 0.29) is 11.9 Å². The molecule has 0 fully saturated rings. The summed E-state index contributed by atoms with van der Waals surface area (Å²) >= 11 is 1.43. The number of aromatic nitrogens is 2. The molecule has 2 aromatic carbocycles. The third kappa shape index (κ3) is 4.34. The molecule has 0 radical (unpaired) electrons. The van der Waals surface area contributed by atoms with Crippen molar-refractivity contribution in [1.82, 2.24) is 14.9 Å². The molecule has 1 atom stereocenters. The minimum atomic E-state index is -0.138. The number of thioether (sulfide) groups is 1. The average molecular weight is 382 g/mol. The van der Waals surface area contributed by atoms with E-state index in [4.69, 9.17) is 4.74 Å². The molecule has 1 N–H and O–H groups in total. The fraction of sp³-hybridized carbons (Fsp3) is 0.238. The van der Waals surface area contributed by atoms with Gasteiger partial charge in [-0.1, -0.05) is 48.2 Å². The number of nitrogens with one attached hydrogen (secondary N) is 1. The molecule has 1 amide bonds. The normalized spacial score (nSPS) is 11.9. The standard InChI is InChI=1S/C21H23N3O2S/c1-4-13-24-18-11-7-6-10-17(18)23-21(24)27-14-20(25)22-15(2)16-9-5-8-12-19(16)26-3/h4-12,15H,1,13-14H2,2-3H3,(H,22,25). The van der Waals surface area contributed by atoms with Gasteiger partial charge < -0.3 is 14.6 Å². The highest BCUT2D eigenvalue weighted by atomic mass is 32.2. The number of allylic oxidation sites excluding steroid dienone is 1. The van der Waals surface area contributed by atoms with Crippen molar-refractivity contribution in [2.24, 2.45) is 0 Å². The van der Waals surface area contributed by atoms with E-state index in [1.807, 2.05) is 61.5 Å². The van der Waals surface area contributed by atoms with Gasteiger partial charge in [-0.05, 0) is 25.1 Å². The lowest BCUT2D eigenvalue weighted by Crippen LogP contribution is -2.28. The fourth-order valence-electron chi connectivity index (χ4n) is 2.98. The van der Waals surface area contributed by atoms with Gasteiger partial charge in [-0.15, -0.1) is 6.58 Å². The number of carbonyl (C=O) groups is 1. The number of rotatable bonds is 8. The smallest absolute Gasteiger partial charge is 0.230 e. The maximum atomic E-state index is 12.5. The molecule has 5 nitrogen and oxygen atoms in total. The van der Waals surface area contributed by atoms with Crippen LogP contribution in [0.15, 0.2) is 66.3 Å². The molecule has 0 spiro atoms. The number of hydrogen-bond acceptors (Lipinski definition) is 4. The van der Waals surface area contributed by atoms with Gasteiger partial charge in [0.15, 0.2) is 5.16 Å². The average Bonchev–Trinajstić information content (AvgIpc) is 3.04. The Labute approximate surface area is 163 Å². The van der Waals surface area contributed by atoms with Crippen LogP contribution < -0.4 is 10.1 Å². The van der Waals surface area contributed by atoms with E-state index in [0.29, 0.717) is 12.3 Å². The summed E-state index contributed by atoms with van der Waals surface area (Å²) in [6.07, 6.45) is 1.84. The Morgan fingerprint density at radius 2 is 2.04 bits per heavy atom. The fourth-order valence-corrected chi connectivity index (χ4v) is 3.82. The predicted octanol–water partition coefficient (Wildman–Crippen LogP) is 4.20. The van der Waals surface area contributed by atoms with Gasteiger partial charge >= 0.3 is 0 Å². The number of imidazole rings is 1. The summed E-state index contributed by atoms with van der Waals surface area (Å²) in [5.41, 5.74) is 2.92. The summed E-state index contributed by atoms with van der Waals surface area (Å²) in [6, 6.07) is 15.5. The number of carbonyl (C=O) groups excluding carboxylic acids is 1. The minimum Gasteiger partial charge on any atom is -0.496 e. The number of amides is 1. The first kappa shape index (κ1) is 19.0. The number of ether oxygens (including phenoxy) is 1. The van der Waals surface area contributed by atoms with Crippen LogP contribution in [-0.2, 0) is 11.3 Å². The number of hydrogen-bond donors (Lipinski definition) is 1. The van der Waals surface area contributed by atoms with Gasteiger partial charge in [-0.2, -0.15) is 0 Å². The largest absolute Gasteiger partial charge is 0.496 e. The SMILES string of the molecule is C=CCn1c(SCC(=O)NC(C)c2ccccc2OC)nc2ccccc21. The lowest BCUT2D eigenvalue weighted by Gasteiger charge is -2.17. The van der Waals surface area contributed by atoms with E-state index >= 15 is 0 Å². The Balaban J connectivity index is 1.68. The van der Waals surface area contributed by atoms with E-state index in [9.17, 15) is 4.79 Å². The van der Waals surface area contributed by atoms with Crippen LogP contribution in [0.4, 0.5) is 0 Å². The molecule has 0 saturated heterocycles. The van der Waals surface area contributed by atoms with Crippen LogP contribution in [0.2, 0.25) is 0 Å². The van der Waals surface area contributed by atoms with Crippen molar-refractivity contribution >= 4 is 28.7 Å². The molecule has 0 bridgehead atoms. The van der Waals surface area contributed by atoms with Crippen molar-refractivity contribution in [2.75, 3.05) is 12.9 Å². The molecule has 27 heavy (non-hydrogen) atoms. The zero-order valence-electron chi connectivity index (χ0n) is 15.5. The van der Waals surface area contributed by atoms with Crippen LogP contribution >= 0.6 is 11.8 Å². The maximum Gasteiger partial charge on any atom is 0.230 e. The first-order chi connectivity index (χ1) is 13.1. The van der Waals surface area contributed by atoms with E-state index in [2.05, 4.69) is 21.4 Å². The van der Waals surface area contributed by atoms with Crippen LogP contribution in [-0.4, -0.2) is 28.3 Å². The molecule has 3 aromatic rings. The molecule has 0 aliphatic heterocycles. The Kier molecular flexibility index (Phi) is 6.19. The van der Waals surface area contributed by atoms with Crippen molar-refractivity contribution in [3.05, 3.63) is 66.7 Å². The Bertz CT molecular complexity index is 952. The molecular formula is C21H23N3O2S. The second-order valence-electron chi connectivity index (χ2n) is 6.10. The van der Waals surface area contributed by atoms with Gasteiger partial charge in [0.2, 0.25) is 5.91 Å². The molecule has 1 aromatic heterocycles. The summed E-state index contributed by atoms with van der Waals surface area (Å²) in [6.45, 7) is 6.43.